The molecule has 2 aliphatic rings. The predicted octanol–water partition coefficient (Wildman–Crippen LogP) is 7.10. The lowest BCUT2D eigenvalue weighted by Crippen LogP contribution is -2.49. The van der Waals surface area contributed by atoms with E-state index in [0.29, 0.717) is 97.3 Å². The van der Waals surface area contributed by atoms with E-state index < -0.39 is 12.1 Å². The lowest BCUT2D eigenvalue weighted by molar-refractivity contribution is -0.132. The molecule has 20 heteroatoms. The van der Waals surface area contributed by atoms with Gasteiger partial charge in [0.1, 0.15) is 22.3 Å². The Bertz CT molecular complexity index is 2560. The van der Waals surface area contributed by atoms with Crippen LogP contribution in [0.15, 0.2) is 60.2 Å². The van der Waals surface area contributed by atoms with Crippen molar-refractivity contribution in [3.63, 3.8) is 0 Å². The average molecular weight is 1000 g/mol. The molecule has 69 heavy (non-hydrogen) atoms. The smallest absolute Gasteiger partial charge is 0.267 e. The number of nitrogens with one attached hydrogen (secondary N) is 4. The number of amides is 4. The van der Waals surface area contributed by atoms with Crippen LogP contribution in [-0.2, 0) is 25.7 Å². The van der Waals surface area contributed by atoms with Crippen molar-refractivity contribution in [3.8, 4) is 10.4 Å². The normalized spacial score (nSPS) is 16.9. The van der Waals surface area contributed by atoms with Crippen molar-refractivity contribution in [1.82, 2.24) is 40.4 Å². The molecule has 5 N–H and O–H groups in total. The molecule has 368 valence electrons. The second-order valence-electron chi connectivity index (χ2n) is 18.6. The maximum atomic E-state index is 13.3. The molecule has 5 heterocycles. The number of hydrogen-bond donors (Lipinski definition) is 5. The van der Waals surface area contributed by atoms with Crippen molar-refractivity contribution < 1.29 is 29.0 Å². The summed E-state index contributed by atoms with van der Waals surface area (Å²) in [5, 5.41) is 23.7. The van der Waals surface area contributed by atoms with Gasteiger partial charge in [0.05, 0.1) is 64.5 Å². The second-order valence-corrected chi connectivity index (χ2v) is 20.9. The number of likely N-dealkylation sites (tertiary alicyclic amines) is 1. The lowest BCUT2D eigenvalue weighted by atomic mass is 9.87. The first-order valence-electron chi connectivity index (χ1n) is 23.2. The third-order valence-corrected chi connectivity index (χ3v) is 14.5. The summed E-state index contributed by atoms with van der Waals surface area (Å²) in [5.41, 5.74) is 6.00. The monoisotopic (exact) mass is 999 g/mol. The number of rotatable bonds is 19. The zero-order valence-corrected chi connectivity index (χ0v) is 42.4. The summed E-state index contributed by atoms with van der Waals surface area (Å²) >= 11 is 9.10. The first kappa shape index (κ1) is 51.3. The van der Waals surface area contributed by atoms with Gasteiger partial charge in [-0.05, 0) is 68.2 Å². The molecule has 3 aromatic heterocycles. The molecule has 0 unspecified atom stereocenters. The van der Waals surface area contributed by atoms with E-state index in [1.54, 1.807) is 17.4 Å². The number of halogens is 1. The van der Waals surface area contributed by atoms with E-state index in [4.69, 9.17) is 16.3 Å². The predicted molar refractivity (Wildman–Crippen MR) is 271 cm³/mol. The number of ether oxygens (including phenoxy) is 1. The summed E-state index contributed by atoms with van der Waals surface area (Å²) in [6, 6.07) is 14.5. The topological polar surface area (TPSA) is 207 Å². The highest BCUT2D eigenvalue weighted by Crippen LogP contribution is 2.30. The number of nitrogens with zero attached hydrogens (tertiary/aromatic N) is 7. The van der Waals surface area contributed by atoms with Gasteiger partial charge in [0.25, 0.3) is 5.91 Å². The summed E-state index contributed by atoms with van der Waals surface area (Å²) in [6.07, 6.45) is 2.95. The van der Waals surface area contributed by atoms with Crippen molar-refractivity contribution in [2.24, 2.45) is 5.41 Å². The highest BCUT2D eigenvalue weighted by Gasteiger charge is 2.36. The fraction of sp³-hybridized carbons (Fsp3) is 0.469. The maximum Gasteiger partial charge on any atom is 0.267 e. The van der Waals surface area contributed by atoms with Crippen LogP contribution in [0.1, 0.15) is 85.2 Å². The first-order valence-corrected chi connectivity index (χ1v) is 25.3. The molecule has 2 saturated heterocycles. The molecule has 2 aromatic carbocycles. The van der Waals surface area contributed by atoms with Crippen LogP contribution < -0.4 is 26.2 Å². The van der Waals surface area contributed by atoms with E-state index in [0.717, 1.165) is 33.1 Å². The zero-order chi connectivity index (χ0) is 49.2. The molecule has 3 atom stereocenters. The molecule has 0 saturated carbocycles. The van der Waals surface area contributed by atoms with Crippen molar-refractivity contribution in [3.05, 3.63) is 92.8 Å². The molecule has 4 amide bonds. The molecule has 2 fully saturated rings. The number of carbonyl (C=O) groups excluding carboxylic acids is 4. The first-order chi connectivity index (χ1) is 33.0. The van der Waals surface area contributed by atoms with Crippen LogP contribution in [0, 0.1) is 26.2 Å². The number of β-amino-alcohol motifs (C(OH)–C–C–N with tert-alkyl or cyclic N) is 1. The molecule has 0 spiro atoms. The van der Waals surface area contributed by atoms with Crippen LogP contribution in [0.4, 0.5) is 22.5 Å². The fourth-order valence-corrected chi connectivity index (χ4v) is 10.0. The Morgan fingerprint density at radius 2 is 1.72 bits per heavy atom. The molecule has 2 aliphatic heterocycles. The zero-order valence-electron chi connectivity index (χ0n) is 40.0. The van der Waals surface area contributed by atoms with Gasteiger partial charge in [0.15, 0.2) is 5.13 Å². The Morgan fingerprint density at radius 3 is 2.43 bits per heavy atom. The maximum absolute atomic E-state index is 13.3. The van der Waals surface area contributed by atoms with Crippen LogP contribution in [0.2, 0.25) is 5.02 Å². The number of para-hydroxylation sites is 1. The minimum absolute atomic E-state index is 0.0566. The van der Waals surface area contributed by atoms with Crippen LogP contribution in [0.25, 0.3) is 10.4 Å². The molecule has 17 nitrogen and oxygen atoms in total. The van der Waals surface area contributed by atoms with Crippen LogP contribution in [-0.4, -0.2) is 123 Å². The van der Waals surface area contributed by atoms with Crippen molar-refractivity contribution in [2.75, 3.05) is 61.6 Å². The van der Waals surface area contributed by atoms with Gasteiger partial charge in [-0.15, -0.1) is 11.3 Å². The number of aliphatic hydroxyl groups excluding tert-OH is 1. The molecular formula is C49H62ClN11O6S2. The highest BCUT2D eigenvalue weighted by molar-refractivity contribution is 7.17. The van der Waals surface area contributed by atoms with E-state index in [1.807, 2.05) is 99.3 Å². The van der Waals surface area contributed by atoms with Crippen molar-refractivity contribution in [2.45, 2.75) is 98.4 Å². The molecule has 0 radical (unpaired) electrons. The number of carbonyl (C=O) groups is 4. The van der Waals surface area contributed by atoms with Crippen molar-refractivity contribution >= 4 is 80.4 Å². The summed E-state index contributed by atoms with van der Waals surface area (Å²) < 4.78 is 6.12. The number of aromatic nitrogens is 4. The summed E-state index contributed by atoms with van der Waals surface area (Å²) in [7, 11) is 0. The number of piperazine rings is 1. The Balaban J connectivity index is 0.797. The number of thiazole rings is 2. The minimum Gasteiger partial charge on any atom is -0.392 e. The van der Waals surface area contributed by atoms with E-state index in [-0.39, 0.29) is 54.8 Å². The quantitative estimate of drug-likeness (QED) is 0.0525. The molecule has 5 aromatic rings. The third-order valence-electron chi connectivity index (χ3n) is 12.3. The minimum atomic E-state index is -0.646. The van der Waals surface area contributed by atoms with Crippen LogP contribution >= 0.6 is 34.3 Å². The SMILES string of the molecule is Cc1nc(Nc2ncc(C(=O)Nc3c(C)cccc3Cl)s2)cc(N2CCN(C(=O)CCCCC(=O)N[C@H](COCN3C[C@H](O)C[C@H]3C(=O)NCc3ccc(-c4scnc4C)cc3)C(C)(C)C)CC2)n1. The van der Waals surface area contributed by atoms with Gasteiger partial charge in [0.2, 0.25) is 17.7 Å². The fourth-order valence-electron chi connectivity index (χ4n) is 8.21. The molecular weight excluding hydrogens is 938 g/mol. The third kappa shape index (κ3) is 14.0. The number of anilines is 4. The Hall–Kier alpha value is -5.57. The van der Waals surface area contributed by atoms with Gasteiger partial charge in [-0.25, -0.2) is 19.9 Å². The number of benzene rings is 2. The summed E-state index contributed by atoms with van der Waals surface area (Å²) in [5.74, 6) is 1.30. The van der Waals surface area contributed by atoms with E-state index >= 15 is 0 Å². The second kappa shape index (κ2) is 23.4. The average Bonchev–Trinajstić information content (AvgIpc) is 4.07. The molecule has 0 bridgehead atoms. The number of hydrogen-bond acceptors (Lipinski definition) is 15. The Morgan fingerprint density at radius 1 is 0.971 bits per heavy atom. The summed E-state index contributed by atoms with van der Waals surface area (Å²) in [4.78, 5) is 77.9. The van der Waals surface area contributed by atoms with Gasteiger partial charge in [0, 0.05) is 58.2 Å². The Labute approximate surface area is 416 Å². The van der Waals surface area contributed by atoms with Crippen LogP contribution in [0.3, 0.4) is 0 Å². The van der Waals surface area contributed by atoms with Gasteiger partial charge in [-0.1, -0.05) is 80.1 Å². The highest BCUT2D eigenvalue weighted by atomic mass is 35.5. The van der Waals surface area contributed by atoms with E-state index in [1.165, 1.54) is 17.5 Å². The van der Waals surface area contributed by atoms with Crippen molar-refractivity contribution in [1.29, 1.82) is 0 Å². The van der Waals surface area contributed by atoms with Gasteiger partial charge in [-0.3, -0.25) is 24.1 Å². The number of unbranched alkanes of at least 4 members (excludes halogenated alkanes) is 1. The molecule has 7 rings (SSSR count). The number of aryl methyl sites for hydroxylation is 3. The summed E-state index contributed by atoms with van der Waals surface area (Å²) in [6.45, 7) is 15.1. The van der Waals surface area contributed by atoms with Gasteiger partial charge >= 0.3 is 0 Å². The number of aliphatic hydroxyl groups is 1. The standard InChI is InChI=1S/C49H62ClN11O6S2/c1-30-10-9-11-36(50)44(30)58-47(66)38-25-52-48(69-38)57-40-23-41(55-32(3)54-40)59-18-20-60(21-19-59)43(64)13-8-7-12-42(63)56-39(49(4,5)6)27-67-29-61-26-35(62)22-37(61)46(65)51-24-33-14-16-34(17-15-33)45-31(2)53-28-68-45/h9-11,14-17,23,25,28,35,37,39,62H,7-8,12-13,18-22,24,26-27,29H2,1-6H3,(H,51,65)(H,56,63)(H,58,66)(H,52,54,55,57)/t35-,37+,39-/m1/s1. The molecule has 0 aliphatic carbocycles. The van der Waals surface area contributed by atoms with Crippen LogP contribution in [0.5, 0.6) is 0 Å². The Kier molecular flexibility index (Phi) is 17.4. The van der Waals surface area contributed by atoms with E-state index in [9.17, 15) is 24.3 Å². The largest absolute Gasteiger partial charge is 0.392 e. The van der Waals surface area contributed by atoms with Gasteiger partial charge < -0.3 is 40.9 Å². The van der Waals surface area contributed by atoms with Gasteiger partial charge in [-0.2, -0.15) is 0 Å². The lowest BCUT2D eigenvalue weighted by Gasteiger charge is -2.35. The van der Waals surface area contributed by atoms with E-state index in [2.05, 4.69) is 46.1 Å².